The molecule has 2 heterocycles. The molecule has 0 unspecified atom stereocenters. The van der Waals surface area contributed by atoms with Crippen LogP contribution in [0.4, 0.5) is 0 Å². The van der Waals surface area contributed by atoms with Gasteiger partial charge >= 0.3 is 0 Å². The van der Waals surface area contributed by atoms with Crippen LogP contribution in [0, 0.1) is 0 Å². The molecule has 3 aromatic rings. The second-order valence-corrected chi connectivity index (χ2v) is 6.34. The second-order valence-electron chi connectivity index (χ2n) is 4.57. The maximum absolute atomic E-state index is 12.2. The van der Waals surface area contributed by atoms with Gasteiger partial charge < -0.3 is 4.57 Å². The average Bonchev–Trinajstić information content (AvgIpc) is 2.83. The van der Waals surface area contributed by atoms with E-state index in [0.29, 0.717) is 5.82 Å². The third kappa shape index (κ3) is 2.65. The molecular formula is C14H14N4O2S. The predicted molar refractivity (Wildman–Crippen MR) is 79.0 cm³/mol. The average molecular weight is 302 g/mol. The Balaban J connectivity index is 1.85. The standard InChI is InChI=1S/C14H14N4O2S/c1-18-13(17-12-8-5-9-15-14(12)18)10-16-21(19,20)11-6-3-2-4-7-11/h2-9,16H,10H2,1H3. The summed E-state index contributed by atoms with van der Waals surface area (Å²) in [5.74, 6) is 0.614. The molecule has 0 radical (unpaired) electrons. The Morgan fingerprint density at radius 2 is 1.90 bits per heavy atom. The van der Waals surface area contributed by atoms with E-state index in [2.05, 4.69) is 14.7 Å². The summed E-state index contributed by atoms with van der Waals surface area (Å²) in [6, 6.07) is 11.9. The maximum atomic E-state index is 12.2. The Kier molecular flexibility index (Phi) is 3.44. The van der Waals surface area contributed by atoms with E-state index >= 15 is 0 Å². The first-order chi connectivity index (χ1) is 10.1. The van der Waals surface area contributed by atoms with Gasteiger partial charge in [0.25, 0.3) is 0 Å². The number of imidazole rings is 1. The molecule has 21 heavy (non-hydrogen) atoms. The van der Waals surface area contributed by atoms with Crippen molar-refractivity contribution in [3.05, 3.63) is 54.5 Å². The summed E-state index contributed by atoms with van der Waals surface area (Å²) in [5.41, 5.74) is 1.47. The Hall–Kier alpha value is -2.25. The molecular weight excluding hydrogens is 288 g/mol. The molecule has 0 aliphatic heterocycles. The van der Waals surface area contributed by atoms with E-state index in [4.69, 9.17) is 0 Å². The molecule has 0 bridgehead atoms. The van der Waals surface area contributed by atoms with E-state index < -0.39 is 10.0 Å². The van der Waals surface area contributed by atoms with Gasteiger partial charge in [0.05, 0.1) is 11.4 Å². The molecule has 0 amide bonds. The number of nitrogens with one attached hydrogen (secondary N) is 1. The minimum Gasteiger partial charge on any atom is -0.315 e. The van der Waals surface area contributed by atoms with Gasteiger partial charge in [-0.15, -0.1) is 0 Å². The second kappa shape index (κ2) is 5.27. The highest BCUT2D eigenvalue weighted by Crippen LogP contribution is 2.13. The highest BCUT2D eigenvalue weighted by molar-refractivity contribution is 7.89. The Labute approximate surface area is 122 Å². The van der Waals surface area contributed by atoms with Crippen LogP contribution in [0.5, 0.6) is 0 Å². The first-order valence-corrected chi connectivity index (χ1v) is 7.87. The minimum atomic E-state index is -3.54. The summed E-state index contributed by atoms with van der Waals surface area (Å²) < 4.78 is 28.7. The van der Waals surface area contributed by atoms with Crippen LogP contribution in [0.3, 0.4) is 0 Å². The number of aromatic nitrogens is 3. The lowest BCUT2D eigenvalue weighted by Gasteiger charge is -2.06. The number of hydrogen-bond donors (Lipinski definition) is 1. The van der Waals surface area contributed by atoms with Crippen LogP contribution >= 0.6 is 0 Å². The third-order valence-corrected chi connectivity index (χ3v) is 4.61. The van der Waals surface area contributed by atoms with E-state index in [9.17, 15) is 8.42 Å². The minimum absolute atomic E-state index is 0.115. The number of aryl methyl sites for hydroxylation is 1. The number of benzene rings is 1. The number of fused-ring (bicyclic) bond motifs is 1. The molecule has 6 nitrogen and oxygen atoms in total. The molecule has 0 aliphatic carbocycles. The number of rotatable bonds is 4. The number of pyridine rings is 1. The molecule has 0 atom stereocenters. The molecule has 1 aromatic carbocycles. The first kappa shape index (κ1) is 13.7. The van der Waals surface area contributed by atoms with Crippen molar-refractivity contribution in [2.45, 2.75) is 11.4 Å². The maximum Gasteiger partial charge on any atom is 0.240 e. The molecule has 0 saturated heterocycles. The summed E-state index contributed by atoms with van der Waals surface area (Å²) in [7, 11) is -1.72. The van der Waals surface area contributed by atoms with Crippen LogP contribution in [0.2, 0.25) is 0 Å². The number of sulfonamides is 1. The van der Waals surface area contributed by atoms with Crippen LogP contribution in [0.15, 0.2) is 53.6 Å². The fourth-order valence-electron chi connectivity index (χ4n) is 2.07. The molecule has 1 N–H and O–H groups in total. The Bertz CT molecular complexity index is 872. The van der Waals surface area contributed by atoms with Crippen LogP contribution < -0.4 is 4.72 Å². The molecule has 0 spiro atoms. The normalized spacial score (nSPS) is 11.9. The predicted octanol–water partition coefficient (Wildman–Crippen LogP) is 1.45. The highest BCUT2D eigenvalue weighted by Gasteiger charge is 2.15. The van der Waals surface area contributed by atoms with E-state index in [0.717, 1.165) is 11.2 Å². The molecule has 0 saturated carbocycles. The fourth-order valence-corrected chi connectivity index (χ4v) is 3.07. The van der Waals surface area contributed by atoms with Gasteiger partial charge in [-0.25, -0.2) is 23.1 Å². The van der Waals surface area contributed by atoms with Crippen LogP contribution in [-0.4, -0.2) is 23.0 Å². The summed E-state index contributed by atoms with van der Waals surface area (Å²) in [5, 5.41) is 0. The fraction of sp³-hybridized carbons (Fsp3) is 0.143. The van der Waals surface area contributed by atoms with Crippen molar-refractivity contribution in [3.8, 4) is 0 Å². The van der Waals surface area contributed by atoms with Crippen molar-refractivity contribution in [2.24, 2.45) is 7.05 Å². The van der Waals surface area contributed by atoms with E-state index in [1.165, 1.54) is 0 Å². The lowest BCUT2D eigenvalue weighted by Crippen LogP contribution is -2.24. The van der Waals surface area contributed by atoms with Crippen molar-refractivity contribution in [3.63, 3.8) is 0 Å². The third-order valence-electron chi connectivity index (χ3n) is 3.19. The van der Waals surface area contributed by atoms with E-state index in [1.807, 2.05) is 13.1 Å². The summed E-state index contributed by atoms with van der Waals surface area (Å²) in [6.45, 7) is 0.115. The molecule has 7 heteroatoms. The zero-order chi connectivity index (χ0) is 14.9. The van der Waals surface area contributed by atoms with Gasteiger partial charge in [0, 0.05) is 13.2 Å². The van der Waals surface area contributed by atoms with Crippen LogP contribution in [0.1, 0.15) is 5.82 Å². The summed E-state index contributed by atoms with van der Waals surface area (Å²) >= 11 is 0. The lowest BCUT2D eigenvalue weighted by molar-refractivity contribution is 0.578. The Morgan fingerprint density at radius 3 is 2.62 bits per heavy atom. The van der Waals surface area contributed by atoms with Crippen LogP contribution in [0.25, 0.3) is 11.2 Å². The van der Waals surface area contributed by atoms with Crippen molar-refractivity contribution >= 4 is 21.2 Å². The smallest absolute Gasteiger partial charge is 0.240 e. The van der Waals surface area contributed by atoms with Gasteiger partial charge in [-0.05, 0) is 24.3 Å². The van der Waals surface area contributed by atoms with Crippen molar-refractivity contribution < 1.29 is 8.42 Å². The molecule has 0 aliphatic rings. The summed E-state index contributed by atoms with van der Waals surface area (Å²) in [4.78, 5) is 8.85. The molecule has 0 fully saturated rings. The van der Waals surface area contributed by atoms with Gasteiger partial charge in [0.15, 0.2) is 5.65 Å². The SMILES string of the molecule is Cn1c(CNS(=O)(=O)c2ccccc2)nc2cccnc21. The largest absolute Gasteiger partial charge is 0.315 e. The van der Waals surface area contributed by atoms with Crippen molar-refractivity contribution in [1.29, 1.82) is 0 Å². The quantitative estimate of drug-likeness (QED) is 0.791. The van der Waals surface area contributed by atoms with Crippen LogP contribution in [-0.2, 0) is 23.6 Å². The zero-order valence-electron chi connectivity index (χ0n) is 11.4. The van der Waals surface area contributed by atoms with Gasteiger partial charge in [0.1, 0.15) is 11.3 Å². The van der Waals surface area contributed by atoms with E-state index in [-0.39, 0.29) is 11.4 Å². The van der Waals surface area contributed by atoms with Gasteiger partial charge in [-0.2, -0.15) is 0 Å². The van der Waals surface area contributed by atoms with Crippen molar-refractivity contribution in [2.75, 3.05) is 0 Å². The number of nitrogens with zero attached hydrogens (tertiary/aromatic N) is 3. The summed E-state index contributed by atoms with van der Waals surface area (Å²) in [6.07, 6.45) is 1.68. The molecule has 3 rings (SSSR count). The van der Waals surface area contributed by atoms with Gasteiger partial charge in [0.2, 0.25) is 10.0 Å². The topological polar surface area (TPSA) is 76.9 Å². The van der Waals surface area contributed by atoms with Gasteiger partial charge in [-0.1, -0.05) is 18.2 Å². The molecule has 108 valence electrons. The zero-order valence-corrected chi connectivity index (χ0v) is 12.2. The molecule has 2 aromatic heterocycles. The van der Waals surface area contributed by atoms with Crippen molar-refractivity contribution in [1.82, 2.24) is 19.3 Å². The monoisotopic (exact) mass is 302 g/mol. The van der Waals surface area contributed by atoms with E-state index in [1.54, 1.807) is 47.2 Å². The Morgan fingerprint density at radius 1 is 1.14 bits per heavy atom. The number of hydrogen-bond acceptors (Lipinski definition) is 4. The lowest BCUT2D eigenvalue weighted by atomic mass is 10.4. The highest BCUT2D eigenvalue weighted by atomic mass is 32.2. The first-order valence-electron chi connectivity index (χ1n) is 6.39. The van der Waals surface area contributed by atoms with Gasteiger partial charge in [-0.3, -0.25) is 0 Å².